The molecule has 1 aliphatic heterocycles. The Morgan fingerprint density at radius 1 is 1.41 bits per heavy atom. The van der Waals surface area contributed by atoms with Crippen molar-refractivity contribution in [2.45, 2.75) is 45.8 Å². The summed E-state index contributed by atoms with van der Waals surface area (Å²) < 4.78 is 5.58. The maximum Gasteiger partial charge on any atom is 0.0700 e. The largest absolute Gasteiger partial charge is 0.377 e. The van der Waals surface area contributed by atoms with Crippen molar-refractivity contribution in [3.8, 4) is 0 Å². The molecule has 0 bridgehead atoms. The summed E-state index contributed by atoms with van der Waals surface area (Å²) in [7, 11) is 0. The van der Waals surface area contributed by atoms with E-state index in [1.165, 1.54) is 24.2 Å². The van der Waals surface area contributed by atoms with Crippen LogP contribution in [0.5, 0.6) is 0 Å². The number of hydrogen-bond donors (Lipinski definition) is 2. The predicted molar refractivity (Wildman–Crippen MR) is 70.0 cm³/mol. The molecular formula is C14H24N2O. The molecule has 2 heterocycles. The monoisotopic (exact) mass is 236 g/mol. The first kappa shape index (κ1) is 12.7. The van der Waals surface area contributed by atoms with Gasteiger partial charge in [-0.2, -0.15) is 0 Å². The van der Waals surface area contributed by atoms with E-state index in [2.05, 4.69) is 36.3 Å². The van der Waals surface area contributed by atoms with Crippen LogP contribution >= 0.6 is 0 Å². The van der Waals surface area contributed by atoms with Crippen molar-refractivity contribution in [3.05, 3.63) is 23.5 Å². The van der Waals surface area contributed by atoms with Crippen molar-refractivity contribution >= 4 is 0 Å². The molecule has 17 heavy (non-hydrogen) atoms. The second-order valence-electron chi connectivity index (χ2n) is 5.37. The molecular weight excluding hydrogens is 212 g/mol. The molecule has 0 spiro atoms. The van der Waals surface area contributed by atoms with Crippen LogP contribution in [0.25, 0.3) is 0 Å². The fourth-order valence-corrected chi connectivity index (χ4v) is 2.33. The molecule has 1 aromatic heterocycles. The minimum absolute atomic E-state index is 0.431. The zero-order valence-corrected chi connectivity index (χ0v) is 11.0. The Bertz CT molecular complexity index is 327. The number of rotatable bonds is 6. The second kappa shape index (κ2) is 6.22. The topological polar surface area (TPSA) is 37.0 Å². The van der Waals surface area contributed by atoms with Gasteiger partial charge in [0, 0.05) is 31.1 Å². The van der Waals surface area contributed by atoms with Crippen molar-refractivity contribution in [1.29, 1.82) is 0 Å². The third-order valence-electron chi connectivity index (χ3n) is 3.15. The first-order chi connectivity index (χ1) is 8.24. The Labute approximate surface area is 104 Å². The lowest BCUT2D eigenvalue weighted by Crippen LogP contribution is -2.25. The molecule has 1 saturated heterocycles. The van der Waals surface area contributed by atoms with E-state index >= 15 is 0 Å². The number of nitrogens with one attached hydrogen (secondary N) is 2. The molecule has 1 aromatic rings. The standard InChI is InChI=1S/C14H24N2O/c1-11(2)8-12-5-6-13(16-12)9-15-10-14-4-3-7-17-14/h5-6,11,14-16H,3-4,7-10H2,1-2H3/t14-/m1/s1. The Morgan fingerprint density at radius 3 is 2.94 bits per heavy atom. The van der Waals surface area contributed by atoms with E-state index in [4.69, 9.17) is 4.74 Å². The molecule has 0 amide bonds. The van der Waals surface area contributed by atoms with Crippen LogP contribution in [0.4, 0.5) is 0 Å². The number of aromatic amines is 1. The summed E-state index contributed by atoms with van der Waals surface area (Å²) in [5.74, 6) is 0.710. The van der Waals surface area contributed by atoms with E-state index in [1.54, 1.807) is 0 Å². The van der Waals surface area contributed by atoms with E-state index < -0.39 is 0 Å². The highest BCUT2D eigenvalue weighted by Crippen LogP contribution is 2.11. The van der Waals surface area contributed by atoms with Crippen LogP contribution in [0.15, 0.2) is 12.1 Å². The molecule has 0 aromatic carbocycles. The van der Waals surface area contributed by atoms with Crippen molar-refractivity contribution in [2.24, 2.45) is 5.92 Å². The first-order valence-electron chi connectivity index (χ1n) is 6.73. The first-order valence-corrected chi connectivity index (χ1v) is 6.73. The van der Waals surface area contributed by atoms with Gasteiger partial charge < -0.3 is 15.0 Å². The molecule has 0 saturated carbocycles. The molecule has 1 fully saturated rings. The quantitative estimate of drug-likeness (QED) is 0.796. The zero-order chi connectivity index (χ0) is 12.1. The third kappa shape index (κ3) is 4.17. The van der Waals surface area contributed by atoms with Gasteiger partial charge in [0.05, 0.1) is 6.10 Å². The number of H-pyrrole nitrogens is 1. The Morgan fingerprint density at radius 2 is 2.24 bits per heavy atom. The smallest absolute Gasteiger partial charge is 0.0700 e. The van der Waals surface area contributed by atoms with Crippen LogP contribution < -0.4 is 5.32 Å². The lowest BCUT2D eigenvalue weighted by molar-refractivity contribution is 0.110. The number of ether oxygens (including phenoxy) is 1. The van der Waals surface area contributed by atoms with E-state index in [-0.39, 0.29) is 0 Å². The molecule has 96 valence electrons. The van der Waals surface area contributed by atoms with Crippen LogP contribution in [0.3, 0.4) is 0 Å². The number of hydrogen-bond acceptors (Lipinski definition) is 2. The summed E-state index contributed by atoms with van der Waals surface area (Å²) in [6.45, 7) is 7.32. The highest BCUT2D eigenvalue weighted by Gasteiger charge is 2.14. The van der Waals surface area contributed by atoms with Gasteiger partial charge >= 0.3 is 0 Å². The minimum Gasteiger partial charge on any atom is -0.377 e. The molecule has 0 aliphatic carbocycles. The normalized spacial score (nSPS) is 20.3. The van der Waals surface area contributed by atoms with Crippen LogP contribution in [0, 0.1) is 5.92 Å². The Kier molecular flexibility index (Phi) is 4.63. The predicted octanol–water partition coefficient (Wildman–Crippen LogP) is 2.48. The van der Waals surface area contributed by atoms with Crippen molar-refractivity contribution < 1.29 is 4.74 Å². The van der Waals surface area contributed by atoms with Gasteiger partial charge in [-0.1, -0.05) is 13.8 Å². The van der Waals surface area contributed by atoms with Gasteiger partial charge in [0.25, 0.3) is 0 Å². The van der Waals surface area contributed by atoms with Gasteiger partial charge in [-0.3, -0.25) is 0 Å². The van der Waals surface area contributed by atoms with Gasteiger partial charge in [-0.25, -0.2) is 0 Å². The maximum atomic E-state index is 5.58. The maximum absolute atomic E-state index is 5.58. The zero-order valence-electron chi connectivity index (χ0n) is 11.0. The van der Waals surface area contributed by atoms with Gasteiger partial charge in [0.1, 0.15) is 0 Å². The van der Waals surface area contributed by atoms with Crippen molar-refractivity contribution in [3.63, 3.8) is 0 Å². The van der Waals surface area contributed by atoms with E-state index in [0.717, 1.165) is 26.1 Å². The van der Waals surface area contributed by atoms with Gasteiger partial charge in [-0.05, 0) is 37.3 Å². The lowest BCUT2D eigenvalue weighted by atomic mass is 10.1. The average molecular weight is 236 g/mol. The number of aromatic nitrogens is 1. The fraction of sp³-hybridized carbons (Fsp3) is 0.714. The van der Waals surface area contributed by atoms with Crippen molar-refractivity contribution in [1.82, 2.24) is 10.3 Å². The highest BCUT2D eigenvalue weighted by molar-refractivity contribution is 5.13. The SMILES string of the molecule is CC(C)Cc1ccc(CNC[C@H]2CCCO2)[nH]1. The van der Waals surface area contributed by atoms with Crippen molar-refractivity contribution in [2.75, 3.05) is 13.2 Å². The summed E-state index contributed by atoms with van der Waals surface area (Å²) in [5.41, 5.74) is 2.62. The summed E-state index contributed by atoms with van der Waals surface area (Å²) in [5, 5.41) is 3.45. The van der Waals surface area contributed by atoms with E-state index in [1.807, 2.05) is 0 Å². The minimum atomic E-state index is 0.431. The molecule has 0 unspecified atom stereocenters. The molecule has 1 atom stereocenters. The Hall–Kier alpha value is -0.800. The average Bonchev–Trinajstić information content (AvgIpc) is 2.89. The third-order valence-corrected chi connectivity index (χ3v) is 3.15. The van der Waals surface area contributed by atoms with Gasteiger partial charge in [0.15, 0.2) is 0 Å². The lowest BCUT2D eigenvalue weighted by Gasteiger charge is -2.09. The molecule has 3 nitrogen and oxygen atoms in total. The second-order valence-corrected chi connectivity index (χ2v) is 5.37. The molecule has 0 radical (unpaired) electrons. The molecule has 3 heteroatoms. The van der Waals surface area contributed by atoms with E-state index in [0.29, 0.717) is 12.0 Å². The summed E-state index contributed by atoms with van der Waals surface area (Å²) in [6.07, 6.45) is 3.98. The van der Waals surface area contributed by atoms with Crippen LogP contribution in [-0.2, 0) is 17.7 Å². The van der Waals surface area contributed by atoms with Crippen LogP contribution in [0.2, 0.25) is 0 Å². The van der Waals surface area contributed by atoms with E-state index in [9.17, 15) is 0 Å². The molecule has 2 N–H and O–H groups in total. The van der Waals surface area contributed by atoms with Gasteiger partial charge in [0.2, 0.25) is 0 Å². The highest BCUT2D eigenvalue weighted by atomic mass is 16.5. The summed E-state index contributed by atoms with van der Waals surface area (Å²) in [4.78, 5) is 3.47. The van der Waals surface area contributed by atoms with Crippen LogP contribution in [-0.4, -0.2) is 24.2 Å². The Balaban J connectivity index is 1.69. The van der Waals surface area contributed by atoms with Gasteiger partial charge in [-0.15, -0.1) is 0 Å². The molecule has 1 aliphatic rings. The summed E-state index contributed by atoms with van der Waals surface area (Å²) in [6, 6.07) is 4.38. The fourth-order valence-electron chi connectivity index (χ4n) is 2.33. The molecule has 2 rings (SSSR count). The van der Waals surface area contributed by atoms with Crippen LogP contribution in [0.1, 0.15) is 38.1 Å². The summed E-state index contributed by atoms with van der Waals surface area (Å²) >= 11 is 0.